The number of thiocarbonyl (C=S) groups is 1. The van der Waals surface area contributed by atoms with Crippen molar-refractivity contribution in [3.63, 3.8) is 0 Å². The van der Waals surface area contributed by atoms with Crippen molar-refractivity contribution in [3.05, 3.63) is 70.9 Å². The topological polar surface area (TPSA) is 73.3 Å². The van der Waals surface area contributed by atoms with Crippen LogP contribution in [0.25, 0.3) is 6.08 Å². The molecule has 0 aliphatic carbocycles. The van der Waals surface area contributed by atoms with Crippen LogP contribution in [0.15, 0.2) is 59.8 Å². The Morgan fingerprint density at radius 3 is 2.50 bits per heavy atom. The van der Waals surface area contributed by atoms with Gasteiger partial charge in [0, 0.05) is 12.4 Å². The second-order valence-corrected chi connectivity index (χ2v) is 6.64. The second kappa shape index (κ2) is 6.94. The van der Waals surface area contributed by atoms with E-state index in [2.05, 4.69) is 4.98 Å². The summed E-state index contributed by atoms with van der Waals surface area (Å²) in [6, 6.07) is 10.7. The summed E-state index contributed by atoms with van der Waals surface area (Å²) in [5.74, 6) is -1.82. The van der Waals surface area contributed by atoms with E-state index in [0.29, 0.717) is 10.5 Å². The molecule has 2 heterocycles. The largest absolute Gasteiger partial charge is 0.547 e. The van der Waals surface area contributed by atoms with Crippen molar-refractivity contribution in [3.8, 4) is 0 Å². The lowest BCUT2D eigenvalue weighted by Crippen LogP contribution is -2.43. The van der Waals surface area contributed by atoms with Gasteiger partial charge in [-0.15, -0.1) is 0 Å². The van der Waals surface area contributed by atoms with Gasteiger partial charge in [-0.1, -0.05) is 54.3 Å². The summed E-state index contributed by atoms with van der Waals surface area (Å²) in [7, 11) is 0. The third-order valence-electron chi connectivity index (χ3n) is 3.42. The Morgan fingerprint density at radius 2 is 1.88 bits per heavy atom. The fourth-order valence-electron chi connectivity index (χ4n) is 2.34. The van der Waals surface area contributed by atoms with E-state index in [1.165, 1.54) is 0 Å². The number of thioether (sulfide) groups is 1. The monoisotopic (exact) mass is 355 g/mol. The number of aliphatic carboxylic acids is 1. The number of hydrogen-bond acceptors (Lipinski definition) is 6. The van der Waals surface area contributed by atoms with Crippen molar-refractivity contribution in [2.45, 2.75) is 6.04 Å². The summed E-state index contributed by atoms with van der Waals surface area (Å²) in [4.78, 5) is 29.7. The van der Waals surface area contributed by atoms with Crippen LogP contribution in [0, 0.1) is 0 Å². The van der Waals surface area contributed by atoms with E-state index in [9.17, 15) is 14.7 Å². The summed E-state index contributed by atoms with van der Waals surface area (Å²) in [5.41, 5.74) is 1.23. The molecule has 1 saturated heterocycles. The molecule has 0 saturated carbocycles. The maximum atomic E-state index is 12.7. The maximum Gasteiger partial charge on any atom is 0.267 e. The highest BCUT2D eigenvalue weighted by Crippen LogP contribution is 2.37. The number of rotatable bonds is 4. The van der Waals surface area contributed by atoms with Gasteiger partial charge in [-0.05, 0) is 29.3 Å². The highest BCUT2D eigenvalue weighted by Gasteiger charge is 2.38. The third-order valence-corrected chi connectivity index (χ3v) is 4.75. The van der Waals surface area contributed by atoms with Crippen molar-refractivity contribution in [1.82, 2.24) is 9.88 Å². The molecule has 0 radical (unpaired) electrons. The predicted molar refractivity (Wildman–Crippen MR) is 93.4 cm³/mol. The molecule has 120 valence electrons. The summed E-state index contributed by atoms with van der Waals surface area (Å²) in [6.45, 7) is 0. The van der Waals surface area contributed by atoms with E-state index in [4.69, 9.17) is 12.2 Å². The molecule has 5 nitrogen and oxygen atoms in total. The highest BCUT2D eigenvalue weighted by atomic mass is 32.2. The van der Waals surface area contributed by atoms with Gasteiger partial charge in [-0.3, -0.25) is 14.7 Å². The molecule has 1 aliphatic heterocycles. The minimum absolute atomic E-state index is 0.193. The minimum atomic E-state index is -1.37. The van der Waals surface area contributed by atoms with Gasteiger partial charge >= 0.3 is 0 Å². The summed E-state index contributed by atoms with van der Waals surface area (Å²) < 4.78 is 0.193. The van der Waals surface area contributed by atoms with Crippen molar-refractivity contribution in [1.29, 1.82) is 0 Å². The second-order valence-electron chi connectivity index (χ2n) is 4.96. The Hall–Kier alpha value is -2.51. The predicted octanol–water partition coefficient (Wildman–Crippen LogP) is 1.77. The lowest BCUT2D eigenvalue weighted by Gasteiger charge is -2.27. The fraction of sp³-hybridized carbons (Fsp3) is 0.0588. The Bertz CT molecular complexity index is 822. The SMILES string of the molecule is O=C([O-])[C@@H](c1ccccc1)N1C(=O)/C(=C/c2ccncc2)SC1=S. The van der Waals surface area contributed by atoms with Crippen LogP contribution < -0.4 is 5.11 Å². The number of carbonyl (C=O) groups is 2. The molecule has 1 amide bonds. The van der Waals surface area contributed by atoms with Crippen LogP contribution >= 0.6 is 24.0 Å². The molecule has 0 unspecified atom stereocenters. The number of pyridine rings is 1. The number of amides is 1. The van der Waals surface area contributed by atoms with E-state index < -0.39 is 17.9 Å². The zero-order chi connectivity index (χ0) is 17.1. The molecular weight excluding hydrogens is 344 g/mol. The minimum Gasteiger partial charge on any atom is -0.547 e. The fourth-order valence-corrected chi connectivity index (χ4v) is 3.65. The number of hydrogen-bond donors (Lipinski definition) is 0. The number of benzene rings is 1. The van der Waals surface area contributed by atoms with E-state index in [1.807, 2.05) is 0 Å². The van der Waals surface area contributed by atoms with Crippen LogP contribution in [0.1, 0.15) is 17.2 Å². The van der Waals surface area contributed by atoms with Crippen molar-refractivity contribution < 1.29 is 14.7 Å². The van der Waals surface area contributed by atoms with Gasteiger partial charge in [-0.2, -0.15) is 0 Å². The van der Waals surface area contributed by atoms with Gasteiger partial charge in [0.2, 0.25) is 0 Å². The summed E-state index contributed by atoms with van der Waals surface area (Å²) >= 11 is 6.30. The van der Waals surface area contributed by atoms with Crippen molar-refractivity contribution in [2.24, 2.45) is 0 Å². The normalized spacial score (nSPS) is 17.3. The zero-order valence-electron chi connectivity index (χ0n) is 12.3. The van der Waals surface area contributed by atoms with Gasteiger partial charge in [-0.25, -0.2) is 0 Å². The average Bonchev–Trinajstić information content (AvgIpc) is 2.85. The van der Waals surface area contributed by atoms with Crippen LogP contribution in [0.2, 0.25) is 0 Å². The van der Waals surface area contributed by atoms with E-state index in [-0.39, 0.29) is 4.32 Å². The van der Waals surface area contributed by atoms with Crippen LogP contribution in [-0.2, 0) is 9.59 Å². The lowest BCUT2D eigenvalue weighted by molar-refractivity contribution is -0.310. The molecule has 24 heavy (non-hydrogen) atoms. The van der Waals surface area contributed by atoms with Crippen LogP contribution in [0.3, 0.4) is 0 Å². The standard InChI is InChI=1S/C17H12N2O3S2/c20-15-13(10-11-6-8-18-9-7-11)24-17(23)19(15)14(16(21)22)12-4-2-1-3-5-12/h1-10,14H,(H,21,22)/p-1/b13-10-/t14-/m1/s1. The number of carbonyl (C=O) groups excluding carboxylic acids is 2. The van der Waals surface area contributed by atoms with Gasteiger partial charge < -0.3 is 9.90 Å². The zero-order valence-corrected chi connectivity index (χ0v) is 13.9. The molecule has 2 aromatic rings. The van der Waals surface area contributed by atoms with Gasteiger partial charge in [0.25, 0.3) is 5.91 Å². The molecule has 7 heteroatoms. The Labute approximate surface area is 148 Å². The van der Waals surface area contributed by atoms with Crippen molar-refractivity contribution in [2.75, 3.05) is 0 Å². The highest BCUT2D eigenvalue weighted by molar-refractivity contribution is 8.26. The molecule has 1 aliphatic rings. The summed E-state index contributed by atoms with van der Waals surface area (Å²) in [5, 5.41) is 11.6. The van der Waals surface area contributed by atoms with Crippen LogP contribution in [0.5, 0.6) is 0 Å². The number of nitrogens with zero attached hydrogens (tertiary/aromatic N) is 2. The van der Waals surface area contributed by atoms with Gasteiger partial charge in [0.1, 0.15) is 10.4 Å². The lowest BCUT2D eigenvalue weighted by atomic mass is 10.1. The number of aromatic nitrogens is 1. The first-order valence-electron chi connectivity index (χ1n) is 7.01. The first kappa shape index (κ1) is 16.4. The van der Waals surface area contributed by atoms with Crippen molar-refractivity contribution >= 4 is 46.3 Å². The van der Waals surface area contributed by atoms with Gasteiger partial charge in [0.15, 0.2) is 0 Å². The van der Waals surface area contributed by atoms with E-state index >= 15 is 0 Å². The molecule has 3 rings (SSSR count). The molecule has 1 fully saturated rings. The third kappa shape index (κ3) is 3.22. The quantitative estimate of drug-likeness (QED) is 0.615. The number of carboxylic acid groups (broad SMARTS) is 1. The maximum absolute atomic E-state index is 12.7. The molecule has 0 bridgehead atoms. The Kier molecular flexibility index (Phi) is 4.73. The van der Waals surface area contributed by atoms with E-state index in [1.54, 1.807) is 60.9 Å². The molecule has 1 aromatic carbocycles. The first-order chi connectivity index (χ1) is 11.6. The van der Waals surface area contributed by atoms with Crippen LogP contribution in [-0.4, -0.2) is 26.1 Å². The molecule has 0 N–H and O–H groups in total. The Morgan fingerprint density at radius 1 is 1.21 bits per heavy atom. The molecular formula is C17H11N2O3S2-. The number of carboxylic acids is 1. The first-order valence-corrected chi connectivity index (χ1v) is 8.23. The molecule has 1 atom stereocenters. The van der Waals surface area contributed by atoms with Gasteiger partial charge in [0.05, 0.1) is 10.9 Å². The summed E-state index contributed by atoms with van der Waals surface area (Å²) in [6.07, 6.45) is 4.89. The average molecular weight is 355 g/mol. The van der Waals surface area contributed by atoms with E-state index in [0.717, 1.165) is 22.2 Å². The smallest absolute Gasteiger partial charge is 0.267 e. The molecule has 0 spiro atoms. The molecule has 1 aromatic heterocycles. The Balaban J connectivity index is 1.96. The van der Waals surface area contributed by atoms with Crippen LogP contribution in [0.4, 0.5) is 0 Å².